The first-order valence-corrected chi connectivity index (χ1v) is 7.28. The van der Waals surface area contributed by atoms with Gasteiger partial charge in [-0.1, -0.05) is 23.8 Å². The van der Waals surface area contributed by atoms with E-state index in [2.05, 4.69) is 20.7 Å². The molecule has 0 aliphatic heterocycles. The van der Waals surface area contributed by atoms with Gasteiger partial charge in [-0.2, -0.15) is 13.2 Å². The number of nitrogen functional groups attached to an aromatic ring is 1. The lowest BCUT2D eigenvalue weighted by atomic mass is 10.3. The maximum absolute atomic E-state index is 12.6. The zero-order valence-corrected chi connectivity index (χ0v) is 12.9. The molecule has 12 heteroatoms. The summed E-state index contributed by atoms with van der Waals surface area (Å²) in [6.07, 6.45) is -4.38. The molecule has 1 atom stereocenters. The highest BCUT2D eigenvalue weighted by Crippen LogP contribution is 2.31. The summed E-state index contributed by atoms with van der Waals surface area (Å²) in [5, 5.41) is 11.6. The Kier molecular flexibility index (Phi) is 4.82. The Bertz CT molecular complexity index is 698. The Morgan fingerprint density at radius 2 is 2.22 bits per heavy atom. The van der Waals surface area contributed by atoms with E-state index in [4.69, 9.17) is 10.4 Å². The Morgan fingerprint density at radius 3 is 2.70 bits per heavy atom. The van der Waals surface area contributed by atoms with Crippen LogP contribution in [0.3, 0.4) is 0 Å². The van der Waals surface area contributed by atoms with Crippen molar-refractivity contribution in [3.63, 3.8) is 0 Å². The molecule has 0 radical (unpaired) electrons. The Hall–Kier alpha value is -2.24. The summed E-state index contributed by atoms with van der Waals surface area (Å²) < 4.78 is 43.0. The van der Waals surface area contributed by atoms with Gasteiger partial charge in [0, 0.05) is 6.07 Å². The summed E-state index contributed by atoms with van der Waals surface area (Å²) in [7, 11) is 0. The van der Waals surface area contributed by atoms with Crippen LogP contribution in [0.2, 0.25) is 0 Å². The fraction of sp³-hybridized carbons (Fsp3) is 0.455. The quantitative estimate of drug-likeness (QED) is 0.625. The van der Waals surface area contributed by atoms with Gasteiger partial charge in [-0.05, 0) is 13.3 Å². The molecule has 2 heterocycles. The number of halogens is 3. The van der Waals surface area contributed by atoms with Crippen LogP contribution in [-0.2, 0) is 11.0 Å². The number of rotatable bonds is 5. The molecule has 2 aromatic heterocycles. The zero-order chi connectivity index (χ0) is 17.2. The largest absolute Gasteiger partial charge is 0.453 e. The van der Waals surface area contributed by atoms with E-state index in [0.29, 0.717) is 16.9 Å². The molecule has 0 saturated heterocycles. The summed E-state index contributed by atoms with van der Waals surface area (Å²) in [5.41, 5.74) is 0. The first-order valence-electron chi connectivity index (χ1n) is 6.41. The summed E-state index contributed by atoms with van der Waals surface area (Å²) >= 11 is 0.780. The molecule has 2 aromatic rings. The number of carbonyl (C=O) groups excluding carboxylic acids is 1. The van der Waals surface area contributed by atoms with Gasteiger partial charge in [0.15, 0.2) is 5.82 Å². The molecule has 126 valence electrons. The number of nitrogens with zero attached hydrogens (tertiary/aromatic N) is 4. The minimum Gasteiger partial charge on any atom is -0.360 e. The van der Waals surface area contributed by atoms with Crippen molar-refractivity contribution in [2.45, 2.75) is 36.9 Å². The van der Waals surface area contributed by atoms with E-state index in [1.54, 1.807) is 13.8 Å². The molecule has 0 saturated carbocycles. The van der Waals surface area contributed by atoms with E-state index in [1.165, 1.54) is 6.07 Å². The molecular formula is C11H13F3N6O2S. The van der Waals surface area contributed by atoms with E-state index in [-0.39, 0.29) is 11.0 Å². The number of hydrogen-bond acceptors (Lipinski definition) is 7. The van der Waals surface area contributed by atoms with Gasteiger partial charge in [-0.25, -0.2) is 4.68 Å². The van der Waals surface area contributed by atoms with Gasteiger partial charge in [-0.15, -0.1) is 10.2 Å². The van der Waals surface area contributed by atoms with Gasteiger partial charge in [0.05, 0.1) is 5.25 Å². The molecule has 0 bridgehead atoms. The Labute approximate surface area is 132 Å². The fourth-order valence-corrected chi connectivity index (χ4v) is 2.51. The first kappa shape index (κ1) is 17.1. The van der Waals surface area contributed by atoms with Gasteiger partial charge in [0.25, 0.3) is 5.82 Å². The number of thioether (sulfide) groups is 1. The average Bonchev–Trinajstić information content (AvgIpc) is 3.01. The fourth-order valence-electron chi connectivity index (χ4n) is 1.63. The topological polar surface area (TPSA) is 112 Å². The molecule has 0 aliphatic rings. The maximum Gasteiger partial charge on any atom is 0.453 e. The van der Waals surface area contributed by atoms with Crippen LogP contribution in [0.15, 0.2) is 15.7 Å². The van der Waals surface area contributed by atoms with Crippen LogP contribution >= 0.6 is 11.8 Å². The number of hydrogen-bond donors (Lipinski definition) is 2. The van der Waals surface area contributed by atoms with E-state index in [9.17, 15) is 18.0 Å². The SMILES string of the molecule is CCC(Sc1nnc(C(F)(F)F)n1N)C(=O)Nc1cc(C)on1. The Morgan fingerprint density at radius 1 is 1.52 bits per heavy atom. The molecule has 0 aliphatic carbocycles. The number of alkyl halides is 3. The number of carbonyl (C=O) groups is 1. The summed E-state index contributed by atoms with van der Waals surface area (Å²) in [6, 6.07) is 1.52. The van der Waals surface area contributed by atoms with E-state index < -0.39 is 23.2 Å². The second-order valence-corrected chi connectivity index (χ2v) is 5.67. The van der Waals surface area contributed by atoms with Crippen molar-refractivity contribution in [2.75, 3.05) is 11.2 Å². The lowest BCUT2D eigenvalue weighted by molar-refractivity contribution is -0.146. The molecule has 23 heavy (non-hydrogen) atoms. The average molecular weight is 350 g/mol. The molecular weight excluding hydrogens is 337 g/mol. The predicted molar refractivity (Wildman–Crippen MR) is 75.0 cm³/mol. The summed E-state index contributed by atoms with van der Waals surface area (Å²) in [4.78, 5) is 12.1. The number of aryl methyl sites for hydroxylation is 1. The number of aromatic nitrogens is 4. The molecule has 1 amide bonds. The third-order valence-corrected chi connectivity index (χ3v) is 4.03. The highest BCUT2D eigenvalue weighted by molar-refractivity contribution is 8.00. The van der Waals surface area contributed by atoms with Gasteiger partial charge < -0.3 is 15.7 Å². The minimum absolute atomic E-state index is 0.212. The van der Waals surface area contributed by atoms with E-state index >= 15 is 0 Å². The highest BCUT2D eigenvalue weighted by atomic mass is 32.2. The zero-order valence-electron chi connectivity index (χ0n) is 12.1. The minimum atomic E-state index is -4.72. The lowest BCUT2D eigenvalue weighted by Gasteiger charge is -2.13. The first-order chi connectivity index (χ1) is 10.7. The molecule has 1 unspecified atom stereocenters. The van der Waals surface area contributed by atoms with Crippen molar-refractivity contribution < 1.29 is 22.5 Å². The van der Waals surface area contributed by atoms with Crippen molar-refractivity contribution in [3.05, 3.63) is 17.7 Å². The van der Waals surface area contributed by atoms with Crippen molar-refractivity contribution in [3.8, 4) is 0 Å². The van der Waals surface area contributed by atoms with Crippen molar-refractivity contribution >= 4 is 23.5 Å². The second-order valence-electron chi connectivity index (χ2n) is 4.50. The van der Waals surface area contributed by atoms with Crippen LogP contribution in [0.5, 0.6) is 0 Å². The number of anilines is 1. The van der Waals surface area contributed by atoms with Gasteiger partial charge in [0.2, 0.25) is 11.1 Å². The van der Waals surface area contributed by atoms with E-state index in [0.717, 1.165) is 11.8 Å². The maximum atomic E-state index is 12.6. The summed E-state index contributed by atoms with van der Waals surface area (Å²) in [6.45, 7) is 3.36. The van der Waals surface area contributed by atoms with Gasteiger partial charge in [-0.3, -0.25) is 4.79 Å². The molecule has 0 spiro atoms. The monoisotopic (exact) mass is 350 g/mol. The van der Waals surface area contributed by atoms with Crippen LogP contribution in [-0.4, -0.2) is 31.2 Å². The molecule has 8 nitrogen and oxygen atoms in total. The third kappa shape index (κ3) is 3.94. The smallest absolute Gasteiger partial charge is 0.360 e. The normalized spacial score (nSPS) is 13.1. The number of nitrogens with one attached hydrogen (secondary N) is 1. The third-order valence-electron chi connectivity index (χ3n) is 2.71. The second kappa shape index (κ2) is 6.48. The van der Waals surface area contributed by atoms with Crippen LogP contribution in [0.1, 0.15) is 24.9 Å². The van der Waals surface area contributed by atoms with Crippen LogP contribution in [0.4, 0.5) is 19.0 Å². The molecule has 3 N–H and O–H groups in total. The van der Waals surface area contributed by atoms with E-state index in [1.807, 2.05) is 0 Å². The van der Waals surface area contributed by atoms with Crippen molar-refractivity contribution in [1.29, 1.82) is 0 Å². The number of nitrogens with two attached hydrogens (primary N) is 1. The van der Waals surface area contributed by atoms with Crippen LogP contribution < -0.4 is 11.2 Å². The molecule has 0 fully saturated rings. The van der Waals surface area contributed by atoms with Gasteiger partial charge in [0.1, 0.15) is 5.76 Å². The lowest BCUT2D eigenvalue weighted by Crippen LogP contribution is -2.26. The van der Waals surface area contributed by atoms with Crippen LogP contribution in [0.25, 0.3) is 0 Å². The standard InChI is InChI=1S/C11H13F3N6O2S/c1-3-6(8(21)16-7-4-5(2)22-19-7)23-10-18-17-9(20(10)15)11(12,13)14/h4,6H,3,15H2,1-2H3,(H,16,19,21). The molecule has 0 aromatic carbocycles. The van der Waals surface area contributed by atoms with Gasteiger partial charge >= 0.3 is 6.18 Å². The predicted octanol–water partition coefficient (Wildman–Crippen LogP) is 1.82. The van der Waals surface area contributed by atoms with Crippen molar-refractivity contribution in [2.24, 2.45) is 0 Å². The van der Waals surface area contributed by atoms with Crippen LogP contribution in [0, 0.1) is 6.92 Å². The number of amides is 1. The van der Waals surface area contributed by atoms with Crippen molar-refractivity contribution in [1.82, 2.24) is 20.0 Å². The highest BCUT2D eigenvalue weighted by Gasteiger charge is 2.38. The summed E-state index contributed by atoms with van der Waals surface area (Å²) in [5.74, 6) is 4.28. The Balaban J connectivity index is 2.10. The molecule has 2 rings (SSSR count).